The molecule has 1 amide bonds. The molecular weight excluding hydrogens is 242 g/mol. The molecule has 2 rings (SSSR count). The van der Waals surface area contributed by atoms with Crippen molar-refractivity contribution in [2.45, 2.75) is 26.2 Å². The van der Waals surface area contributed by atoms with E-state index in [1.165, 1.54) is 0 Å². The molecule has 1 aromatic carbocycles. The van der Waals surface area contributed by atoms with Gasteiger partial charge in [0, 0.05) is 13.0 Å². The van der Waals surface area contributed by atoms with Gasteiger partial charge in [-0.25, -0.2) is 0 Å². The van der Waals surface area contributed by atoms with Crippen molar-refractivity contribution in [1.29, 1.82) is 0 Å². The second-order valence-electron chi connectivity index (χ2n) is 4.68. The van der Waals surface area contributed by atoms with Gasteiger partial charge in [0.25, 0.3) is 0 Å². The van der Waals surface area contributed by atoms with Crippen LogP contribution >= 0.6 is 0 Å². The first-order chi connectivity index (χ1) is 9.19. The lowest BCUT2D eigenvalue weighted by atomic mass is 9.91. The van der Waals surface area contributed by atoms with Crippen LogP contribution in [0.1, 0.15) is 26.2 Å². The number of Topliss-reactive ketones (excluding diaryl/α,β-unsaturated/α-hetero) is 1. The summed E-state index contributed by atoms with van der Waals surface area (Å²) in [6, 6.07) is 7.42. The Morgan fingerprint density at radius 2 is 2.16 bits per heavy atom. The van der Waals surface area contributed by atoms with Crippen molar-refractivity contribution in [3.05, 3.63) is 24.3 Å². The van der Waals surface area contributed by atoms with Crippen molar-refractivity contribution in [1.82, 2.24) is 0 Å². The number of nitrogens with zero attached hydrogens (tertiary/aromatic N) is 1. The lowest BCUT2D eigenvalue weighted by Gasteiger charge is -2.32. The predicted molar refractivity (Wildman–Crippen MR) is 73.4 cm³/mol. The topological polar surface area (TPSA) is 46.6 Å². The molecule has 0 aliphatic carbocycles. The van der Waals surface area contributed by atoms with Crippen LogP contribution in [0.3, 0.4) is 0 Å². The SMILES string of the molecule is CCC(=O)[C@@H]1CCCN(c2ccccc2OC)C1=O. The Hall–Kier alpha value is -1.84. The molecule has 1 fully saturated rings. The molecule has 1 aliphatic rings. The maximum Gasteiger partial charge on any atom is 0.237 e. The summed E-state index contributed by atoms with van der Waals surface area (Å²) in [7, 11) is 1.59. The summed E-state index contributed by atoms with van der Waals surface area (Å²) in [5.41, 5.74) is 0.753. The molecule has 4 heteroatoms. The summed E-state index contributed by atoms with van der Waals surface area (Å²) in [6.07, 6.45) is 1.92. The van der Waals surface area contributed by atoms with Gasteiger partial charge < -0.3 is 9.64 Å². The van der Waals surface area contributed by atoms with Crippen LogP contribution in [0.25, 0.3) is 0 Å². The summed E-state index contributed by atoms with van der Waals surface area (Å²) in [4.78, 5) is 26.0. The zero-order chi connectivity index (χ0) is 13.8. The lowest BCUT2D eigenvalue weighted by Crippen LogP contribution is -2.44. The number of methoxy groups -OCH3 is 1. The van der Waals surface area contributed by atoms with Crippen molar-refractivity contribution >= 4 is 17.4 Å². The molecule has 0 N–H and O–H groups in total. The highest BCUT2D eigenvalue weighted by atomic mass is 16.5. The van der Waals surface area contributed by atoms with Crippen molar-refractivity contribution < 1.29 is 14.3 Å². The average Bonchev–Trinajstić information content (AvgIpc) is 2.46. The number of hydrogen-bond donors (Lipinski definition) is 0. The minimum absolute atomic E-state index is 0.0320. The number of ether oxygens (including phenoxy) is 1. The Morgan fingerprint density at radius 3 is 2.84 bits per heavy atom. The van der Waals surface area contributed by atoms with Crippen LogP contribution in [0.15, 0.2) is 24.3 Å². The van der Waals surface area contributed by atoms with Gasteiger partial charge in [-0.2, -0.15) is 0 Å². The van der Waals surface area contributed by atoms with Gasteiger partial charge in [0.2, 0.25) is 5.91 Å². The molecule has 1 atom stereocenters. The predicted octanol–water partition coefficient (Wildman–Crippen LogP) is 2.42. The van der Waals surface area contributed by atoms with Gasteiger partial charge in [0.15, 0.2) is 0 Å². The van der Waals surface area contributed by atoms with Crippen LogP contribution < -0.4 is 9.64 Å². The van der Waals surface area contributed by atoms with E-state index < -0.39 is 5.92 Å². The van der Waals surface area contributed by atoms with Crippen molar-refractivity contribution in [2.75, 3.05) is 18.6 Å². The minimum Gasteiger partial charge on any atom is -0.495 e. The van der Waals surface area contributed by atoms with E-state index in [1.54, 1.807) is 18.9 Å². The summed E-state index contributed by atoms with van der Waals surface area (Å²) in [5, 5.41) is 0. The molecule has 4 nitrogen and oxygen atoms in total. The molecular formula is C15H19NO3. The third kappa shape index (κ3) is 2.62. The van der Waals surface area contributed by atoms with E-state index in [4.69, 9.17) is 4.74 Å². The van der Waals surface area contributed by atoms with Crippen LogP contribution in [0.5, 0.6) is 5.75 Å². The number of benzene rings is 1. The quantitative estimate of drug-likeness (QED) is 0.782. The molecule has 102 valence electrons. The summed E-state index contributed by atoms with van der Waals surface area (Å²) in [6.45, 7) is 2.45. The first-order valence-electron chi connectivity index (χ1n) is 6.66. The van der Waals surface area contributed by atoms with E-state index in [-0.39, 0.29) is 11.7 Å². The molecule has 19 heavy (non-hydrogen) atoms. The molecule has 0 spiro atoms. The number of carbonyl (C=O) groups is 2. The number of hydrogen-bond acceptors (Lipinski definition) is 3. The second-order valence-corrected chi connectivity index (χ2v) is 4.68. The average molecular weight is 261 g/mol. The summed E-state index contributed by atoms with van der Waals surface area (Å²) < 4.78 is 5.29. The Bertz CT molecular complexity index is 484. The minimum atomic E-state index is -0.483. The van der Waals surface area contributed by atoms with Crippen LogP contribution in [-0.2, 0) is 9.59 Å². The normalized spacial score (nSPS) is 19.4. The molecule has 0 radical (unpaired) electrons. The van der Waals surface area contributed by atoms with Crippen molar-refractivity contribution in [2.24, 2.45) is 5.92 Å². The Kier molecular flexibility index (Phi) is 4.20. The number of rotatable bonds is 4. The second kappa shape index (κ2) is 5.87. The van der Waals surface area contributed by atoms with E-state index >= 15 is 0 Å². The molecule has 1 aromatic rings. The smallest absolute Gasteiger partial charge is 0.237 e. The Morgan fingerprint density at radius 1 is 1.42 bits per heavy atom. The number of ketones is 1. The van der Waals surface area contributed by atoms with Crippen LogP contribution in [0, 0.1) is 5.92 Å². The molecule has 1 saturated heterocycles. The third-order valence-electron chi connectivity index (χ3n) is 3.55. The van der Waals surface area contributed by atoms with Gasteiger partial charge >= 0.3 is 0 Å². The maximum atomic E-state index is 12.4. The van der Waals surface area contributed by atoms with Crippen molar-refractivity contribution in [3.63, 3.8) is 0 Å². The van der Waals surface area contributed by atoms with E-state index in [9.17, 15) is 9.59 Å². The van der Waals surface area contributed by atoms with Gasteiger partial charge in [-0.3, -0.25) is 9.59 Å². The molecule has 0 saturated carbocycles. The molecule has 1 heterocycles. The van der Waals surface area contributed by atoms with Crippen LogP contribution in [0.2, 0.25) is 0 Å². The van der Waals surface area contributed by atoms with Crippen LogP contribution in [-0.4, -0.2) is 25.3 Å². The van der Waals surface area contributed by atoms with Gasteiger partial charge in [-0.05, 0) is 25.0 Å². The zero-order valence-electron chi connectivity index (χ0n) is 11.4. The first kappa shape index (κ1) is 13.6. The highest BCUT2D eigenvalue weighted by Crippen LogP contribution is 2.32. The van der Waals surface area contributed by atoms with Crippen molar-refractivity contribution in [3.8, 4) is 5.75 Å². The lowest BCUT2D eigenvalue weighted by molar-refractivity contribution is -0.133. The van der Waals surface area contributed by atoms with E-state index in [2.05, 4.69) is 0 Å². The molecule has 0 bridgehead atoms. The number of anilines is 1. The van der Waals surface area contributed by atoms with E-state index in [1.807, 2.05) is 24.3 Å². The largest absolute Gasteiger partial charge is 0.495 e. The molecule has 0 aromatic heterocycles. The highest BCUT2D eigenvalue weighted by Gasteiger charge is 2.34. The van der Waals surface area contributed by atoms with E-state index in [0.717, 1.165) is 12.1 Å². The highest BCUT2D eigenvalue weighted by molar-refractivity contribution is 6.09. The maximum absolute atomic E-state index is 12.4. The fraction of sp³-hybridized carbons (Fsp3) is 0.467. The zero-order valence-corrected chi connectivity index (χ0v) is 11.4. The van der Waals surface area contributed by atoms with Gasteiger partial charge in [0.1, 0.15) is 11.5 Å². The number of piperidine rings is 1. The first-order valence-corrected chi connectivity index (χ1v) is 6.66. The van der Waals surface area contributed by atoms with Gasteiger partial charge in [0.05, 0.1) is 18.7 Å². The Labute approximate surface area is 113 Å². The third-order valence-corrected chi connectivity index (χ3v) is 3.55. The summed E-state index contributed by atoms with van der Waals surface area (Å²) in [5.74, 6) is 0.122. The van der Waals surface area contributed by atoms with Gasteiger partial charge in [-0.1, -0.05) is 19.1 Å². The fourth-order valence-corrected chi connectivity index (χ4v) is 2.51. The number of amides is 1. The Balaban J connectivity index is 2.29. The molecule has 1 aliphatic heterocycles. The summed E-state index contributed by atoms with van der Waals surface area (Å²) >= 11 is 0. The van der Waals surface area contributed by atoms with Crippen LogP contribution in [0.4, 0.5) is 5.69 Å². The van der Waals surface area contributed by atoms with E-state index in [0.29, 0.717) is 25.1 Å². The monoisotopic (exact) mass is 261 g/mol. The fourth-order valence-electron chi connectivity index (χ4n) is 2.51. The molecule has 0 unspecified atom stereocenters. The standard InChI is InChI=1S/C15H19NO3/c1-3-13(17)11-7-6-10-16(15(11)18)12-8-4-5-9-14(12)19-2/h4-5,8-9,11H,3,6-7,10H2,1-2H3/t11-/m0/s1. The number of carbonyl (C=O) groups excluding carboxylic acids is 2. The van der Waals surface area contributed by atoms with Gasteiger partial charge in [-0.15, -0.1) is 0 Å². The number of para-hydroxylation sites is 2.